The molecule has 0 aliphatic carbocycles. The van der Waals surface area contributed by atoms with E-state index in [1.165, 1.54) is 0 Å². The molecule has 0 aliphatic rings. The lowest BCUT2D eigenvalue weighted by atomic mass is 10.1. The van der Waals surface area contributed by atoms with Crippen molar-refractivity contribution in [3.05, 3.63) is 95.0 Å². The molecule has 1 N–H and O–H groups in total. The lowest BCUT2D eigenvalue weighted by Crippen LogP contribution is -2.14. The van der Waals surface area contributed by atoms with Crippen LogP contribution in [0.4, 0.5) is 5.69 Å². The number of nitrogens with zero attached hydrogens (tertiary/aromatic N) is 3. The molecule has 2 heterocycles. The fourth-order valence-corrected chi connectivity index (χ4v) is 3.75. The molecule has 2 aromatic carbocycles. The number of nitrogens with one attached hydrogen (secondary N) is 1. The van der Waals surface area contributed by atoms with Crippen molar-refractivity contribution >= 4 is 29.0 Å². The van der Waals surface area contributed by atoms with Crippen LogP contribution in [0.25, 0.3) is 22.3 Å². The third-order valence-electron chi connectivity index (χ3n) is 4.58. The minimum Gasteiger partial charge on any atom is -0.321 e. The van der Waals surface area contributed by atoms with E-state index in [2.05, 4.69) is 5.32 Å². The fraction of sp³-hybridized carbons (Fsp3) is 0.0417. The van der Waals surface area contributed by atoms with Crippen LogP contribution in [0.1, 0.15) is 11.1 Å². The molecule has 0 bridgehead atoms. The maximum atomic E-state index is 12.7. The number of aryl methyl sites for hydroxylation is 1. The summed E-state index contributed by atoms with van der Waals surface area (Å²) < 4.78 is 1.76. The highest BCUT2D eigenvalue weighted by molar-refractivity contribution is 7.13. The average Bonchev–Trinajstić information content (AvgIpc) is 3.44. The van der Waals surface area contributed by atoms with Crippen molar-refractivity contribution in [2.45, 2.75) is 6.92 Å². The van der Waals surface area contributed by atoms with Gasteiger partial charge in [-0.15, -0.1) is 11.3 Å². The Kier molecular flexibility index (Phi) is 5.55. The normalized spacial score (nSPS) is 11.1. The molecule has 30 heavy (non-hydrogen) atoms. The van der Waals surface area contributed by atoms with Gasteiger partial charge in [0.25, 0.3) is 5.91 Å². The van der Waals surface area contributed by atoms with Crippen molar-refractivity contribution in [1.82, 2.24) is 9.78 Å². The number of hydrogen-bond donors (Lipinski definition) is 1. The van der Waals surface area contributed by atoms with Crippen LogP contribution in [0.15, 0.2) is 83.9 Å². The SMILES string of the molecule is Cc1ccccc1NC(=O)/C(C#N)=C\c1cn(-c2ccccc2)nc1-c1cccs1. The zero-order valence-corrected chi connectivity index (χ0v) is 17.1. The van der Waals surface area contributed by atoms with E-state index in [9.17, 15) is 10.1 Å². The van der Waals surface area contributed by atoms with Gasteiger partial charge in [-0.05, 0) is 48.2 Å². The number of hydrogen-bond acceptors (Lipinski definition) is 4. The second kappa shape index (κ2) is 8.60. The molecule has 0 saturated carbocycles. The maximum Gasteiger partial charge on any atom is 0.266 e. The van der Waals surface area contributed by atoms with Gasteiger partial charge in [-0.25, -0.2) is 4.68 Å². The Hall–Kier alpha value is -3.95. The van der Waals surface area contributed by atoms with E-state index in [0.717, 1.165) is 21.8 Å². The predicted molar refractivity (Wildman–Crippen MR) is 120 cm³/mol. The first-order chi connectivity index (χ1) is 14.7. The van der Waals surface area contributed by atoms with Crippen LogP contribution < -0.4 is 5.32 Å². The number of carbonyl (C=O) groups excluding carboxylic acids is 1. The van der Waals surface area contributed by atoms with Gasteiger partial charge in [0.15, 0.2) is 0 Å². The highest BCUT2D eigenvalue weighted by Gasteiger charge is 2.16. The quantitative estimate of drug-likeness (QED) is 0.351. The number of anilines is 1. The lowest BCUT2D eigenvalue weighted by molar-refractivity contribution is -0.112. The first-order valence-corrected chi connectivity index (χ1v) is 10.2. The number of rotatable bonds is 5. The summed E-state index contributed by atoms with van der Waals surface area (Å²) in [4.78, 5) is 13.7. The van der Waals surface area contributed by atoms with Crippen LogP contribution in [0.2, 0.25) is 0 Å². The molecule has 1 amide bonds. The van der Waals surface area contributed by atoms with Crippen LogP contribution in [0.3, 0.4) is 0 Å². The van der Waals surface area contributed by atoms with Crippen molar-refractivity contribution in [3.8, 4) is 22.3 Å². The molecule has 0 saturated heterocycles. The van der Waals surface area contributed by atoms with Gasteiger partial charge in [0.1, 0.15) is 17.3 Å². The van der Waals surface area contributed by atoms with E-state index in [4.69, 9.17) is 5.10 Å². The molecule has 146 valence electrons. The average molecular weight is 411 g/mol. The Labute approximate surface area is 178 Å². The minimum absolute atomic E-state index is 0.0173. The van der Waals surface area contributed by atoms with E-state index in [-0.39, 0.29) is 5.57 Å². The molecule has 0 fully saturated rings. The number of nitriles is 1. The summed E-state index contributed by atoms with van der Waals surface area (Å²) in [6.07, 6.45) is 3.43. The van der Waals surface area contributed by atoms with Crippen molar-refractivity contribution in [3.63, 3.8) is 0 Å². The number of carbonyl (C=O) groups is 1. The van der Waals surface area contributed by atoms with E-state index in [1.54, 1.807) is 22.1 Å². The lowest BCUT2D eigenvalue weighted by Gasteiger charge is -2.07. The van der Waals surface area contributed by atoms with E-state index >= 15 is 0 Å². The maximum absolute atomic E-state index is 12.7. The zero-order chi connectivity index (χ0) is 20.9. The van der Waals surface area contributed by atoms with E-state index < -0.39 is 5.91 Å². The minimum atomic E-state index is -0.448. The Bertz CT molecular complexity index is 1250. The van der Waals surface area contributed by atoms with Crippen LogP contribution in [-0.4, -0.2) is 15.7 Å². The molecule has 0 radical (unpaired) electrons. The topological polar surface area (TPSA) is 70.7 Å². The molecule has 4 rings (SSSR count). The molecule has 0 aliphatic heterocycles. The number of thiophene rings is 1. The third-order valence-corrected chi connectivity index (χ3v) is 5.45. The smallest absolute Gasteiger partial charge is 0.266 e. The molecule has 4 aromatic rings. The van der Waals surface area contributed by atoms with Gasteiger partial charge < -0.3 is 5.32 Å². The summed E-state index contributed by atoms with van der Waals surface area (Å²) in [5, 5.41) is 19.1. The summed E-state index contributed by atoms with van der Waals surface area (Å²) in [7, 11) is 0. The largest absolute Gasteiger partial charge is 0.321 e. The van der Waals surface area contributed by atoms with Gasteiger partial charge in [0.2, 0.25) is 0 Å². The van der Waals surface area contributed by atoms with Crippen LogP contribution in [-0.2, 0) is 4.79 Å². The van der Waals surface area contributed by atoms with Gasteiger partial charge in [-0.3, -0.25) is 4.79 Å². The van der Waals surface area contributed by atoms with Crippen molar-refractivity contribution in [1.29, 1.82) is 5.26 Å². The summed E-state index contributed by atoms with van der Waals surface area (Å²) in [5.41, 5.74) is 3.96. The molecule has 0 atom stereocenters. The van der Waals surface area contributed by atoms with Crippen LogP contribution in [0.5, 0.6) is 0 Å². The third kappa shape index (κ3) is 4.07. The first-order valence-electron chi connectivity index (χ1n) is 9.33. The number of amides is 1. The predicted octanol–water partition coefficient (Wildman–Crippen LogP) is 5.45. The highest BCUT2D eigenvalue weighted by Crippen LogP contribution is 2.29. The second-order valence-corrected chi connectivity index (χ2v) is 7.58. The van der Waals surface area contributed by atoms with Crippen LogP contribution >= 0.6 is 11.3 Å². The molecular formula is C24H18N4OS. The van der Waals surface area contributed by atoms with Gasteiger partial charge in [0, 0.05) is 17.4 Å². The molecule has 5 nitrogen and oxygen atoms in total. The standard InChI is InChI=1S/C24H18N4OS/c1-17-8-5-6-11-21(17)26-24(29)18(15-25)14-19-16-28(20-9-3-2-4-10-20)27-23(19)22-12-7-13-30-22/h2-14,16H,1H3,(H,26,29)/b18-14-. The molecular weight excluding hydrogens is 392 g/mol. The zero-order valence-electron chi connectivity index (χ0n) is 16.2. The van der Waals surface area contributed by atoms with E-state index in [1.807, 2.05) is 91.3 Å². The monoisotopic (exact) mass is 410 g/mol. The fourth-order valence-electron chi connectivity index (χ4n) is 3.02. The molecule has 6 heteroatoms. The Morgan fingerprint density at radius 2 is 1.87 bits per heavy atom. The highest BCUT2D eigenvalue weighted by atomic mass is 32.1. The molecule has 0 spiro atoms. The summed E-state index contributed by atoms with van der Waals surface area (Å²) in [5.74, 6) is -0.448. The first kappa shape index (κ1) is 19.4. The van der Waals surface area contributed by atoms with Gasteiger partial charge >= 0.3 is 0 Å². The summed E-state index contributed by atoms with van der Waals surface area (Å²) in [6, 6.07) is 23.1. The summed E-state index contributed by atoms with van der Waals surface area (Å²) >= 11 is 1.56. The van der Waals surface area contributed by atoms with Crippen LogP contribution in [0, 0.1) is 18.3 Å². The van der Waals surface area contributed by atoms with Gasteiger partial charge in [-0.1, -0.05) is 42.5 Å². The van der Waals surface area contributed by atoms with Gasteiger partial charge in [0.05, 0.1) is 10.6 Å². The van der Waals surface area contributed by atoms with E-state index in [0.29, 0.717) is 11.3 Å². The van der Waals surface area contributed by atoms with Crippen molar-refractivity contribution in [2.75, 3.05) is 5.32 Å². The number of aromatic nitrogens is 2. The number of benzene rings is 2. The van der Waals surface area contributed by atoms with Gasteiger partial charge in [-0.2, -0.15) is 10.4 Å². The Morgan fingerprint density at radius 3 is 2.57 bits per heavy atom. The second-order valence-electron chi connectivity index (χ2n) is 6.63. The van der Waals surface area contributed by atoms with Crippen molar-refractivity contribution in [2.24, 2.45) is 0 Å². The Morgan fingerprint density at radius 1 is 1.10 bits per heavy atom. The van der Waals surface area contributed by atoms with Crippen molar-refractivity contribution < 1.29 is 4.79 Å². The number of para-hydroxylation sites is 2. The summed E-state index contributed by atoms with van der Waals surface area (Å²) in [6.45, 7) is 1.91. The molecule has 0 unspecified atom stereocenters. The Balaban J connectivity index is 1.73. The molecule has 2 aromatic heterocycles.